The minimum atomic E-state index is -0.338. The summed E-state index contributed by atoms with van der Waals surface area (Å²) in [6.45, 7) is 0. The number of aromatic nitrogens is 2. The quantitative estimate of drug-likeness (QED) is 0.618. The molecule has 3 aromatic rings. The Morgan fingerprint density at radius 2 is 2.07 bits per heavy atom. The lowest BCUT2D eigenvalue weighted by molar-refractivity contribution is -0.121. The molecule has 1 aromatic heterocycles. The van der Waals surface area contributed by atoms with Crippen molar-refractivity contribution in [3.05, 3.63) is 82.3 Å². The Balaban J connectivity index is 1.77. The van der Waals surface area contributed by atoms with E-state index in [1.165, 1.54) is 0 Å². The normalized spacial score (nSPS) is 11.8. The van der Waals surface area contributed by atoms with Crippen LogP contribution < -0.4 is 10.1 Å². The largest absolute Gasteiger partial charge is 0.497 e. The van der Waals surface area contributed by atoms with E-state index in [1.807, 2.05) is 66.3 Å². The van der Waals surface area contributed by atoms with Crippen molar-refractivity contribution < 1.29 is 9.53 Å². The van der Waals surface area contributed by atoms with Gasteiger partial charge in [-0.05, 0) is 41.8 Å². The first-order valence-corrected chi connectivity index (χ1v) is 9.51. The number of carbonyl (C=O) groups is 1. The number of hydrogen-bond acceptors (Lipinski definition) is 3. The second-order valence-corrected chi connectivity index (χ2v) is 7.22. The molecule has 0 saturated heterocycles. The molecule has 140 valence electrons. The van der Waals surface area contributed by atoms with Gasteiger partial charge in [-0.25, -0.2) is 4.98 Å². The first kappa shape index (κ1) is 19.2. The predicted molar refractivity (Wildman–Crippen MR) is 109 cm³/mol. The van der Waals surface area contributed by atoms with Crippen molar-refractivity contribution >= 4 is 21.8 Å². The Hall–Kier alpha value is -2.60. The Kier molecular flexibility index (Phi) is 6.29. The lowest BCUT2D eigenvalue weighted by Gasteiger charge is -2.20. The van der Waals surface area contributed by atoms with E-state index in [-0.39, 0.29) is 11.9 Å². The van der Waals surface area contributed by atoms with E-state index >= 15 is 0 Å². The maximum Gasteiger partial charge on any atom is 0.221 e. The molecule has 5 nitrogen and oxygen atoms in total. The highest BCUT2D eigenvalue weighted by Crippen LogP contribution is 2.24. The molecule has 0 aliphatic rings. The second-order valence-electron chi connectivity index (χ2n) is 6.30. The lowest BCUT2D eigenvalue weighted by Crippen LogP contribution is -2.31. The summed E-state index contributed by atoms with van der Waals surface area (Å²) in [5.74, 6) is 1.50. The first-order valence-electron chi connectivity index (χ1n) is 8.72. The number of aryl methyl sites for hydroxylation is 2. The smallest absolute Gasteiger partial charge is 0.221 e. The molecule has 1 amide bonds. The number of halogens is 1. The maximum atomic E-state index is 12.7. The molecule has 0 aliphatic carbocycles. The highest BCUT2D eigenvalue weighted by atomic mass is 79.9. The van der Waals surface area contributed by atoms with Crippen molar-refractivity contribution in [3.63, 3.8) is 0 Å². The topological polar surface area (TPSA) is 56.1 Å². The van der Waals surface area contributed by atoms with Gasteiger partial charge < -0.3 is 14.6 Å². The Morgan fingerprint density at radius 3 is 2.78 bits per heavy atom. The first-order chi connectivity index (χ1) is 13.1. The van der Waals surface area contributed by atoms with E-state index in [0.717, 1.165) is 27.2 Å². The van der Waals surface area contributed by atoms with Crippen LogP contribution in [-0.2, 0) is 18.3 Å². The number of amides is 1. The minimum Gasteiger partial charge on any atom is -0.497 e. The Bertz CT molecular complexity index is 923. The van der Waals surface area contributed by atoms with Crippen LogP contribution in [0.1, 0.15) is 29.4 Å². The van der Waals surface area contributed by atoms with Crippen molar-refractivity contribution in [1.82, 2.24) is 14.9 Å². The number of ether oxygens (including phenoxy) is 1. The summed E-state index contributed by atoms with van der Waals surface area (Å²) in [6, 6.07) is 15.4. The monoisotopic (exact) mass is 427 g/mol. The van der Waals surface area contributed by atoms with Crippen molar-refractivity contribution in [1.29, 1.82) is 0 Å². The molecule has 0 radical (unpaired) electrons. The van der Waals surface area contributed by atoms with E-state index in [9.17, 15) is 4.79 Å². The zero-order chi connectivity index (χ0) is 19.2. The van der Waals surface area contributed by atoms with Gasteiger partial charge in [-0.1, -0.05) is 40.2 Å². The van der Waals surface area contributed by atoms with Crippen LogP contribution in [0.4, 0.5) is 0 Å². The van der Waals surface area contributed by atoms with Gasteiger partial charge in [-0.3, -0.25) is 4.79 Å². The maximum absolute atomic E-state index is 12.7. The second kappa shape index (κ2) is 8.86. The van der Waals surface area contributed by atoms with Gasteiger partial charge in [-0.2, -0.15) is 0 Å². The van der Waals surface area contributed by atoms with Gasteiger partial charge in [0.15, 0.2) is 0 Å². The number of imidazole rings is 1. The number of nitrogens with one attached hydrogen (secondary N) is 1. The van der Waals surface area contributed by atoms with E-state index in [2.05, 4.69) is 26.2 Å². The SMILES string of the molecule is COc1cccc(C(NC(=O)CCc2cccc(Br)c2)c2nccn2C)c1. The number of nitrogens with zero attached hydrogens (tertiary/aromatic N) is 2. The molecule has 27 heavy (non-hydrogen) atoms. The lowest BCUT2D eigenvalue weighted by atomic mass is 10.0. The number of hydrogen-bond donors (Lipinski definition) is 1. The fourth-order valence-corrected chi connectivity index (χ4v) is 3.40. The van der Waals surface area contributed by atoms with Crippen molar-refractivity contribution in [2.45, 2.75) is 18.9 Å². The van der Waals surface area contributed by atoms with E-state index in [4.69, 9.17) is 4.74 Å². The van der Waals surface area contributed by atoms with Gasteiger partial charge in [-0.15, -0.1) is 0 Å². The molecule has 1 unspecified atom stereocenters. The van der Waals surface area contributed by atoms with Gasteiger partial charge in [0.2, 0.25) is 5.91 Å². The highest BCUT2D eigenvalue weighted by molar-refractivity contribution is 9.10. The molecule has 0 fully saturated rings. The van der Waals surface area contributed by atoms with E-state index in [1.54, 1.807) is 13.3 Å². The van der Waals surface area contributed by atoms with Crippen LogP contribution in [0, 0.1) is 0 Å². The Labute approximate surface area is 167 Å². The third kappa shape index (κ3) is 4.98. The summed E-state index contributed by atoms with van der Waals surface area (Å²) < 4.78 is 8.26. The van der Waals surface area contributed by atoms with E-state index < -0.39 is 0 Å². The van der Waals surface area contributed by atoms with Gasteiger partial charge in [0.1, 0.15) is 17.6 Å². The fourth-order valence-electron chi connectivity index (χ4n) is 2.96. The number of rotatable bonds is 7. The minimum absolute atomic E-state index is 0.0224. The van der Waals surface area contributed by atoms with Crippen molar-refractivity contribution in [2.75, 3.05) is 7.11 Å². The molecular formula is C21H22BrN3O2. The molecule has 0 aliphatic heterocycles. The summed E-state index contributed by atoms with van der Waals surface area (Å²) in [7, 11) is 3.55. The molecule has 1 N–H and O–H groups in total. The van der Waals surface area contributed by atoms with Crippen molar-refractivity contribution in [3.8, 4) is 5.75 Å². The standard InChI is InChI=1S/C21H22BrN3O2/c1-25-12-11-23-21(25)20(16-6-4-8-18(14-16)27-2)24-19(26)10-9-15-5-3-7-17(22)13-15/h3-8,11-14,20H,9-10H2,1-2H3,(H,24,26). The summed E-state index contributed by atoms with van der Waals surface area (Å²) in [5, 5.41) is 3.12. The van der Waals surface area contributed by atoms with Crippen LogP contribution in [0.25, 0.3) is 0 Å². The molecule has 1 heterocycles. The molecule has 0 spiro atoms. The molecule has 2 aromatic carbocycles. The molecule has 6 heteroatoms. The third-order valence-corrected chi connectivity index (χ3v) is 4.87. The molecular weight excluding hydrogens is 406 g/mol. The van der Waals surface area contributed by atoms with Crippen LogP contribution >= 0.6 is 15.9 Å². The average Bonchev–Trinajstić information content (AvgIpc) is 3.10. The van der Waals surface area contributed by atoms with Gasteiger partial charge in [0.05, 0.1) is 7.11 Å². The van der Waals surface area contributed by atoms with Gasteiger partial charge in [0.25, 0.3) is 0 Å². The van der Waals surface area contributed by atoms with Crippen molar-refractivity contribution in [2.24, 2.45) is 7.05 Å². The summed E-state index contributed by atoms with van der Waals surface area (Å²) in [6.07, 6.45) is 4.68. The highest BCUT2D eigenvalue weighted by Gasteiger charge is 2.21. The van der Waals surface area contributed by atoms with Crippen LogP contribution in [0.3, 0.4) is 0 Å². The Morgan fingerprint density at radius 1 is 1.26 bits per heavy atom. The summed E-state index contributed by atoms with van der Waals surface area (Å²) in [4.78, 5) is 17.1. The molecule has 3 rings (SSSR count). The zero-order valence-electron chi connectivity index (χ0n) is 15.4. The van der Waals surface area contributed by atoms with E-state index in [0.29, 0.717) is 12.8 Å². The number of benzene rings is 2. The summed E-state index contributed by atoms with van der Waals surface area (Å²) >= 11 is 3.46. The molecule has 1 atom stereocenters. The number of carbonyl (C=O) groups excluding carboxylic acids is 1. The number of methoxy groups -OCH3 is 1. The third-order valence-electron chi connectivity index (χ3n) is 4.38. The van der Waals surface area contributed by atoms with Crippen LogP contribution in [0.15, 0.2) is 65.4 Å². The fraction of sp³-hybridized carbons (Fsp3) is 0.238. The summed E-state index contributed by atoms with van der Waals surface area (Å²) in [5.41, 5.74) is 2.05. The average molecular weight is 428 g/mol. The predicted octanol–water partition coefficient (Wildman–Crippen LogP) is 4.03. The zero-order valence-corrected chi connectivity index (χ0v) is 16.9. The van der Waals surface area contributed by atoms with Gasteiger partial charge in [0, 0.05) is 30.3 Å². The van der Waals surface area contributed by atoms with Crippen LogP contribution in [0.5, 0.6) is 5.75 Å². The molecule has 0 saturated carbocycles. The molecule has 0 bridgehead atoms. The van der Waals surface area contributed by atoms with Gasteiger partial charge >= 0.3 is 0 Å². The van der Waals surface area contributed by atoms with Crippen LogP contribution in [0.2, 0.25) is 0 Å². The van der Waals surface area contributed by atoms with Crippen LogP contribution in [-0.4, -0.2) is 22.6 Å².